The Labute approximate surface area is 106 Å². The van der Waals surface area contributed by atoms with Crippen molar-refractivity contribution in [1.82, 2.24) is 5.32 Å². The summed E-state index contributed by atoms with van der Waals surface area (Å²) in [6.07, 6.45) is 4.35. The first-order valence-electron chi connectivity index (χ1n) is 6.94. The summed E-state index contributed by atoms with van der Waals surface area (Å²) in [6.45, 7) is 8.95. The Balaban J connectivity index is 2.56. The molecule has 0 aromatic carbocycles. The minimum Gasteiger partial charge on any atom is -0.353 e. The van der Waals surface area contributed by atoms with Crippen LogP contribution in [-0.4, -0.2) is 18.5 Å². The number of carbonyl (C=O) groups excluding carboxylic acids is 1. The molecule has 4 unspecified atom stereocenters. The smallest absolute Gasteiger partial charge is 0.227 e. The molecular weight excluding hydrogens is 212 g/mol. The molecule has 0 radical (unpaired) electrons. The van der Waals surface area contributed by atoms with Gasteiger partial charge in [0.2, 0.25) is 5.91 Å². The van der Waals surface area contributed by atoms with Gasteiger partial charge in [0.25, 0.3) is 0 Å². The van der Waals surface area contributed by atoms with Gasteiger partial charge >= 0.3 is 0 Å². The molecule has 0 saturated heterocycles. The number of rotatable bonds is 4. The van der Waals surface area contributed by atoms with Crippen molar-refractivity contribution in [2.75, 3.05) is 6.54 Å². The largest absolute Gasteiger partial charge is 0.353 e. The highest BCUT2D eigenvalue weighted by Gasteiger charge is 2.33. The van der Waals surface area contributed by atoms with Gasteiger partial charge in [0.1, 0.15) is 0 Å². The fourth-order valence-electron chi connectivity index (χ4n) is 2.62. The molecule has 1 fully saturated rings. The van der Waals surface area contributed by atoms with Crippen LogP contribution in [0, 0.1) is 17.3 Å². The first kappa shape index (κ1) is 14.5. The molecule has 1 aliphatic rings. The Morgan fingerprint density at radius 2 is 2.06 bits per heavy atom. The normalized spacial score (nSPS) is 32.9. The molecule has 0 heterocycles. The molecule has 3 N–H and O–H groups in total. The summed E-state index contributed by atoms with van der Waals surface area (Å²) < 4.78 is 0. The molecule has 3 nitrogen and oxygen atoms in total. The van der Waals surface area contributed by atoms with Gasteiger partial charge in [-0.15, -0.1) is 0 Å². The van der Waals surface area contributed by atoms with E-state index in [4.69, 9.17) is 5.73 Å². The molecule has 0 spiro atoms. The molecule has 0 aromatic rings. The van der Waals surface area contributed by atoms with Gasteiger partial charge in [0.15, 0.2) is 0 Å². The molecule has 1 aliphatic carbocycles. The quantitative estimate of drug-likeness (QED) is 0.792. The zero-order valence-electron chi connectivity index (χ0n) is 11.8. The number of carbonyl (C=O) groups is 1. The SMILES string of the molecule is CCC(C)(CN)C(=O)NC1CCC(C)CC1C. The molecular formula is C14H28N2O. The Kier molecular flexibility index (Phi) is 4.99. The van der Waals surface area contributed by atoms with Crippen LogP contribution >= 0.6 is 0 Å². The van der Waals surface area contributed by atoms with E-state index in [-0.39, 0.29) is 5.91 Å². The van der Waals surface area contributed by atoms with Crippen LogP contribution in [-0.2, 0) is 4.79 Å². The molecule has 0 aromatic heterocycles. The lowest BCUT2D eigenvalue weighted by Gasteiger charge is -2.36. The summed E-state index contributed by atoms with van der Waals surface area (Å²) >= 11 is 0. The van der Waals surface area contributed by atoms with Crippen LogP contribution in [0.15, 0.2) is 0 Å². The highest BCUT2D eigenvalue weighted by atomic mass is 16.2. The Bertz CT molecular complexity index is 261. The van der Waals surface area contributed by atoms with Crippen molar-refractivity contribution >= 4 is 5.91 Å². The third-order valence-electron chi connectivity index (χ3n) is 4.53. The van der Waals surface area contributed by atoms with Gasteiger partial charge in [-0.05, 0) is 44.4 Å². The lowest BCUT2D eigenvalue weighted by atomic mass is 9.79. The summed E-state index contributed by atoms with van der Waals surface area (Å²) in [4.78, 5) is 12.2. The Morgan fingerprint density at radius 1 is 1.41 bits per heavy atom. The maximum atomic E-state index is 12.2. The maximum absolute atomic E-state index is 12.2. The van der Waals surface area contributed by atoms with Crippen molar-refractivity contribution in [3.8, 4) is 0 Å². The molecule has 100 valence electrons. The van der Waals surface area contributed by atoms with Gasteiger partial charge < -0.3 is 11.1 Å². The Hall–Kier alpha value is -0.570. The third-order valence-corrected chi connectivity index (χ3v) is 4.53. The van der Waals surface area contributed by atoms with Gasteiger partial charge in [0.05, 0.1) is 5.41 Å². The fourth-order valence-corrected chi connectivity index (χ4v) is 2.62. The summed E-state index contributed by atoms with van der Waals surface area (Å²) in [5.74, 6) is 1.51. The van der Waals surface area contributed by atoms with Gasteiger partial charge in [-0.2, -0.15) is 0 Å². The van der Waals surface area contributed by atoms with Gasteiger partial charge in [-0.25, -0.2) is 0 Å². The van der Waals surface area contributed by atoms with Crippen LogP contribution in [0.4, 0.5) is 0 Å². The monoisotopic (exact) mass is 240 g/mol. The van der Waals surface area contributed by atoms with Gasteiger partial charge in [0, 0.05) is 12.6 Å². The number of amides is 1. The second-order valence-electron chi connectivity index (χ2n) is 6.09. The zero-order valence-corrected chi connectivity index (χ0v) is 11.8. The van der Waals surface area contributed by atoms with E-state index in [0.29, 0.717) is 18.5 Å². The number of hydrogen-bond acceptors (Lipinski definition) is 2. The molecule has 1 rings (SSSR count). The van der Waals surface area contributed by atoms with Crippen molar-refractivity contribution in [1.29, 1.82) is 0 Å². The molecule has 17 heavy (non-hydrogen) atoms. The van der Waals surface area contributed by atoms with E-state index >= 15 is 0 Å². The summed E-state index contributed by atoms with van der Waals surface area (Å²) in [5, 5.41) is 3.21. The van der Waals surface area contributed by atoms with Gasteiger partial charge in [-0.3, -0.25) is 4.79 Å². The van der Waals surface area contributed by atoms with E-state index in [1.165, 1.54) is 12.8 Å². The van der Waals surface area contributed by atoms with Crippen LogP contribution in [0.2, 0.25) is 0 Å². The summed E-state index contributed by atoms with van der Waals surface area (Å²) in [5.41, 5.74) is 5.32. The standard InChI is InChI=1S/C14H28N2O/c1-5-14(4,9-15)13(17)16-12-7-6-10(2)8-11(12)3/h10-12H,5-9,15H2,1-4H3,(H,16,17). The molecule has 3 heteroatoms. The minimum absolute atomic E-state index is 0.133. The van der Waals surface area contributed by atoms with Crippen LogP contribution in [0.1, 0.15) is 53.4 Å². The third kappa shape index (κ3) is 3.44. The van der Waals surface area contributed by atoms with E-state index < -0.39 is 5.41 Å². The highest BCUT2D eigenvalue weighted by molar-refractivity contribution is 5.82. The molecule has 0 bridgehead atoms. The van der Waals surface area contributed by atoms with E-state index in [0.717, 1.165) is 18.8 Å². The maximum Gasteiger partial charge on any atom is 0.227 e. The predicted molar refractivity (Wildman–Crippen MR) is 71.6 cm³/mol. The van der Waals surface area contributed by atoms with Crippen LogP contribution in [0.3, 0.4) is 0 Å². The van der Waals surface area contributed by atoms with Crippen LogP contribution in [0.25, 0.3) is 0 Å². The van der Waals surface area contributed by atoms with E-state index in [1.54, 1.807) is 0 Å². The van der Waals surface area contributed by atoms with Crippen molar-refractivity contribution in [3.05, 3.63) is 0 Å². The number of hydrogen-bond donors (Lipinski definition) is 2. The predicted octanol–water partition coefficient (Wildman–Crippen LogP) is 2.30. The average Bonchev–Trinajstić information content (AvgIpc) is 2.31. The van der Waals surface area contributed by atoms with Crippen molar-refractivity contribution in [2.45, 2.75) is 59.4 Å². The lowest BCUT2D eigenvalue weighted by Crippen LogP contribution is -2.50. The van der Waals surface area contributed by atoms with Crippen molar-refractivity contribution < 1.29 is 4.79 Å². The minimum atomic E-state index is -0.400. The second-order valence-corrected chi connectivity index (χ2v) is 6.09. The van der Waals surface area contributed by atoms with Crippen LogP contribution in [0.5, 0.6) is 0 Å². The zero-order chi connectivity index (χ0) is 13.1. The van der Waals surface area contributed by atoms with Crippen LogP contribution < -0.4 is 11.1 Å². The van der Waals surface area contributed by atoms with E-state index in [1.807, 2.05) is 13.8 Å². The van der Waals surface area contributed by atoms with E-state index in [2.05, 4.69) is 19.2 Å². The van der Waals surface area contributed by atoms with Crippen molar-refractivity contribution in [2.24, 2.45) is 23.0 Å². The average molecular weight is 240 g/mol. The lowest BCUT2D eigenvalue weighted by molar-refractivity contribution is -0.131. The van der Waals surface area contributed by atoms with Gasteiger partial charge in [-0.1, -0.05) is 20.8 Å². The second kappa shape index (κ2) is 5.85. The topological polar surface area (TPSA) is 55.1 Å². The molecule has 1 saturated carbocycles. The van der Waals surface area contributed by atoms with Crippen molar-refractivity contribution in [3.63, 3.8) is 0 Å². The first-order chi connectivity index (χ1) is 7.92. The summed E-state index contributed by atoms with van der Waals surface area (Å²) in [7, 11) is 0. The Morgan fingerprint density at radius 3 is 2.53 bits per heavy atom. The molecule has 4 atom stereocenters. The number of nitrogens with two attached hydrogens (primary N) is 1. The number of nitrogens with one attached hydrogen (secondary N) is 1. The fraction of sp³-hybridized carbons (Fsp3) is 0.929. The molecule has 0 aliphatic heterocycles. The highest BCUT2D eigenvalue weighted by Crippen LogP contribution is 2.29. The first-order valence-corrected chi connectivity index (χ1v) is 6.94. The van der Waals surface area contributed by atoms with E-state index in [9.17, 15) is 4.79 Å². The summed E-state index contributed by atoms with van der Waals surface area (Å²) in [6, 6.07) is 0.344. The molecule has 1 amide bonds.